The molecule has 1 unspecified atom stereocenters. The van der Waals surface area contributed by atoms with Crippen molar-refractivity contribution in [2.24, 2.45) is 5.73 Å². The van der Waals surface area contributed by atoms with E-state index in [2.05, 4.69) is 18.2 Å². The Hall–Kier alpha value is -2.53. The molecule has 1 amide bonds. The summed E-state index contributed by atoms with van der Waals surface area (Å²) in [7, 11) is 1.65. The number of ether oxygens (including phenoxy) is 3. The van der Waals surface area contributed by atoms with Crippen LogP contribution in [0.1, 0.15) is 30.1 Å². The van der Waals surface area contributed by atoms with Gasteiger partial charge in [0, 0.05) is 7.11 Å². The average Bonchev–Trinajstić information content (AvgIpc) is 2.62. The van der Waals surface area contributed by atoms with Gasteiger partial charge in [0.25, 0.3) is 0 Å². The number of hydrogen-bond donors (Lipinski definition) is 1. The molecule has 3 rings (SSSR count). The fourth-order valence-corrected chi connectivity index (χ4v) is 3.22. The van der Waals surface area contributed by atoms with Crippen LogP contribution in [0.3, 0.4) is 0 Å². The largest absolute Gasteiger partial charge is 0.491 e. The summed E-state index contributed by atoms with van der Waals surface area (Å²) in [5.74, 6) is 0.821. The second-order valence-corrected chi connectivity index (χ2v) is 6.10. The minimum absolute atomic E-state index is 0.237. The smallest absolute Gasteiger partial charge is 0.405 e. The number of hydrogen-bond acceptors (Lipinski definition) is 4. The van der Waals surface area contributed by atoms with Gasteiger partial charge in [-0.05, 0) is 53.6 Å². The predicted molar refractivity (Wildman–Crippen MR) is 95.6 cm³/mol. The van der Waals surface area contributed by atoms with E-state index in [-0.39, 0.29) is 6.10 Å². The molecule has 0 spiro atoms. The summed E-state index contributed by atoms with van der Waals surface area (Å²) in [6.45, 7) is 1.08. The second kappa shape index (κ2) is 8.03. The van der Waals surface area contributed by atoms with Crippen LogP contribution in [-0.2, 0) is 15.9 Å². The molecule has 1 atom stereocenters. The fraction of sp³-hybridized carbons (Fsp3) is 0.350. The van der Waals surface area contributed by atoms with Crippen LogP contribution in [0.15, 0.2) is 42.5 Å². The van der Waals surface area contributed by atoms with Crippen LogP contribution in [0.4, 0.5) is 4.79 Å². The molecule has 5 heteroatoms. The monoisotopic (exact) mass is 341 g/mol. The Kier molecular flexibility index (Phi) is 5.56. The van der Waals surface area contributed by atoms with Crippen molar-refractivity contribution >= 4 is 6.09 Å². The van der Waals surface area contributed by atoms with Crippen molar-refractivity contribution in [1.82, 2.24) is 0 Å². The van der Waals surface area contributed by atoms with E-state index in [1.54, 1.807) is 7.11 Å². The van der Waals surface area contributed by atoms with E-state index in [4.69, 9.17) is 19.9 Å². The van der Waals surface area contributed by atoms with Gasteiger partial charge in [0.05, 0.1) is 6.61 Å². The first-order valence-electron chi connectivity index (χ1n) is 8.48. The number of primary amides is 1. The van der Waals surface area contributed by atoms with Crippen molar-refractivity contribution in [1.29, 1.82) is 0 Å². The van der Waals surface area contributed by atoms with Gasteiger partial charge in [0.1, 0.15) is 18.5 Å². The van der Waals surface area contributed by atoms with Crippen LogP contribution >= 0.6 is 0 Å². The normalized spacial score (nSPS) is 16.1. The van der Waals surface area contributed by atoms with E-state index in [1.807, 2.05) is 24.3 Å². The van der Waals surface area contributed by atoms with Gasteiger partial charge in [-0.1, -0.05) is 30.3 Å². The third kappa shape index (κ3) is 4.31. The van der Waals surface area contributed by atoms with Crippen LogP contribution in [0.5, 0.6) is 5.75 Å². The van der Waals surface area contributed by atoms with E-state index in [1.165, 1.54) is 5.56 Å². The second-order valence-electron chi connectivity index (χ2n) is 6.10. The van der Waals surface area contributed by atoms with E-state index in [9.17, 15) is 4.79 Å². The van der Waals surface area contributed by atoms with E-state index < -0.39 is 6.09 Å². The molecule has 0 aliphatic heterocycles. The molecule has 1 aliphatic carbocycles. The van der Waals surface area contributed by atoms with Crippen LogP contribution in [0, 0.1) is 0 Å². The highest BCUT2D eigenvalue weighted by molar-refractivity contribution is 5.68. The highest BCUT2D eigenvalue weighted by atomic mass is 16.6. The number of carbonyl (C=O) groups excluding carboxylic acids is 1. The molecule has 0 aromatic heterocycles. The minimum Gasteiger partial charge on any atom is -0.491 e. The summed E-state index contributed by atoms with van der Waals surface area (Å²) in [5.41, 5.74) is 9.66. The van der Waals surface area contributed by atoms with E-state index >= 15 is 0 Å². The summed E-state index contributed by atoms with van der Waals surface area (Å²) in [6, 6.07) is 14.3. The van der Waals surface area contributed by atoms with E-state index in [0.717, 1.165) is 41.7 Å². The summed E-state index contributed by atoms with van der Waals surface area (Å²) >= 11 is 0. The zero-order valence-electron chi connectivity index (χ0n) is 14.4. The Morgan fingerprint density at radius 2 is 2.00 bits per heavy atom. The van der Waals surface area contributed by atoms with Crippen molar-refractivity contribution in [3.05, 3.63) is 53.6 Å². The van der Waals surface area contributed by atoms with Gasteiger partial charge in [0.15, 0.2) is 0 Å². The maximum atomic E-state index is 11.1. The number of amides is 1. The SMILES string of the molecule is COCCOc1cccc(-c2ccc3c(c2)CCCC3OC(N)=O)c1. The first kappa shape index (κ1) is 17.3. The Bertz CT molecular complexity index is 744. The lowest BCUT2D eigenvalue weighted by atomic mass is 9.87. The third-order valence-electron chi connectivity index (χ3n) is 4.38. The highest BCUT2D eigenvalue weighted by Crippen LogP contribution is 2.35. The molecular formula is C20H23NO4. The summed E-state index contributed by atoms with van der Waals surface area (Å²) in [4.78, 5) is 11.1. The molecule has 5 nitrogen and oxygen atoms in total. The zero-order valence-corrected chi connectivity index (χ0v) is 14.4. The Morgan fingerprint density at radius 1 is 1.16 bits per heavy atom. The zero-order chi connectivity index (χ0) is 17.6. The molecule has 25 heavy (non-hydrogen) atoms. The van der Waals surface area contributed by atoms with Gasteiger partial charge < -0.3 is 19.9 Å². The number of carbonyl (C=O) groups is 1. The topological polar surface area (TPSA) is 70.8 Å². The van der Waals surface area contributed by atoms with Crippen molar-refractivity contribution in [2.75, 3.05) is 20.3 Å². The molecule has 0 saturated carbocycles. The molecule has 1 aliphatic rings. The van der Waals surface area contributed by atoms with Crippen LogP contribution in [0.2, 0.25) is 0 Å². The predicted octanol–water partition coefficient (Wildman–Crippen LogP) is 3.85. The average molecular weight is 341 g/mol. The fourth-order valence-electron chi connectivity index (χ4n) is 3.22. The standard InChI is InChI=1S/C20H23NO4/c1-23-10-11-24-17-6-2-4-14(13-17)15-8-9-18-16(12-15)5-3-7-19(18)25-20(21)22/h2,4,6,8-9,12-13,19H,3,5,7,10-11H2,1H3,(H2,21,22). The van der Waals surface area contributed by atoms with Gasteiger partial charge in [-0.15, -0.1) is 0 Å². The van der Waals surface area contributed by atoms with Crippen molar-refractivity contribution in [2.45, 2.75) is 25.4 Å². The molecule has 2 N–H and O–H groups in total. The molecule has 132 valence electrons. The lowest BCUT2D eigenvalue weighted by Gasteiger charge is -2.25. The minimum atomic E-state index is -0.720. The van der Waals surface area contributed by atoms with Gasteiger partial charge in [-0.25, -0.2) is 4.79 Å². The summed E-state index contributed by atoms with van der Waals surface area (Å²) in [6.07, 6.45) is 1.82. The quantitative estimate of drug-likeness (QED) is 0.810. The molecule has 0 radical (unpaired) electrons. The van der Waals surface area contributed by atoms with Crippen molar-refractivity contribution in [3.63, 3.8) is 0 Å². The van der Waals surface area contributed by atoms with E-state index in [0.29, 0.717) is 13.2 Å². The van der Waals surface area contributed by atoms with Gasteiger partial charge >= 0.3 is 6.09 Å². The molecule has 2 aromatic carbocycles. The number of nitrogens with two attached hydrogens (primary N) is 1. The highest BCUT2D eigenvalue weighted by Gasteiger charge is 2.23. The first-order valence-corrected chi connectivity index (χ1v) is 8.48. The number of methoxy groups -OCH3 is 1. The lowest BCUT2D eigenvalue weighted by Crippen LogP contribution is -2.20. The molecule has 0 saturated heterocycles. The van der Waals surface area contributed by atoms with Crippen LogP contribution in [0.25, 0.3) is 11.1 Å². The third-order valence-corrected chi connectivity index (χ3v) is 4.38. The van der Waals surface area contributed by atoms with Crippen molar-refractivity contribution in [3.8, 4) is 16.9 Å². The van der Waals surface area contributed by atoms with Crippen molar-refractivity contribution < 1.29 is 19.0 Å². The van der Waals surface area contributed by atoms with Gasteiger partial charge in [-0.3, -0.25) is 0 Å². The number of fused-ring (bicyclic) bond motifs is 1. The molecule has 0 fully saturated rings. The number of benzene rings is 2. The molecule has 0 heterocycles. The number of aryl methyl sites for hydroxylation is 1. The Balaban J connectivity index is 1.82. The van der Waals surface area contributed by atoms with Gasteiger partial charge in [-0.2, -0.15) is 0 Å². The van der Waals surface area contributed by atoms with Crippen LogP contribution < -0.4 is 10.5 Å². The first-order chi connectivity index (χ1) is 12.2. The Labute approximate surface area is 147 Å². The molecular weight excluding hydrogens is 318 g/mol. The maximum Gasteiger partial charge on any atom is 0.405 e. The molecule has 2 aromatic rings. The lowest BCUT2D eigenvalue weighted by molar-refractivity contribution is 0.0959. The summed E-state index contributed by atoms with van der Waals surface area (Å²) < 4.78 is 15.9. The van der Waals surface area contributed by atoms with Gasteiger partial charge in [0.2, 0.25) is 0 Å². The Morgan fingerprint density at radius 3 is 2.80 bits per heavy atom. The molecule has 0 bridgehead atoms. The number of rotatable bonds is 6. The summed E-state index contributed by atoms with van der Waals surface area (Å²) in [5, 5.41) is 0. The van der Waals surface area contributed by atoms with Crippen LogP contribution in [-0.4, -0.2) is 26.4 Å². The maximum absolute atomic E-state index is 11.1.